The number of hydrogen-bond donors (Lipinski definition) is 3. The minimum atomic E-state index is -1.13. The third-order valence-corrected chi connectivity index (χ3v) is 2.66. The van der Waals surface area contributed by atoms with Crippen molar-refractivity contribution in [2.75, 3.05) is 5.32 Å². The number of carbonyl (C=O) groups excluding carboxylic acids is 1. The number of carbonyl (C=O) groups is 2. The molecule has 0 saturated heterocycles. The lowest BCUT2D eigenvalue weighted by Gasteiger charge is -2.17. The van der Waals surface area contributed by atoms with Crippen molar-refractivity contribution in [3.05, 3.63) is 29.6 Å². The number of hydrogen-bond acceptors (Lipinski definition) is 3. The van der Waals surface area contributed by atoms with Crippen LogP contribution in [0.4, 0.5) is 14.9 Å². The molecule has 0 aromatic heterocycles. The highest BCUT2D eigenvalue weighted by Gasteiger charge is 2.21. The Balaban J connectivity index is 2.72. The van der Waals surface area contributed by atoms with Crippen LogP contribution in [0.2, 0.25) is 0 Å². The van der Waals surface area contributed by atoms with E-state index in [4.69, 9.17) is 10.4 Å². The van der Waals surface area contributed by atoms with Crippen molar-refractivity contribution in [1.82, 2.24) is 5.32 Å². The number of rotatable bonds is 5. The monoisotopic (exact) mass is 293 g/mol. The second-order valence-electron chi connectivity index (χ2n) is 4.93. The lowest BCUT2D eigenvalue weighted by atomic mass is 10.0. The number of nitrogens with one attached hydrogen (secondary N) is 2. The number of amides is 2. The van der Waals surface area contributed by atoms with Gasteiger partial charge in [-0.15, -0.1) is 0 Å². The Morgan fingerprint density at radius 2 is 2.10 bits per heavy atom. The minimum Gasteiger partial charge on any atom is -0.480 e. The number of aliphatic carboxylic acids is 1. The zero-order valence-corrected chi connectivity index (χ0v) is 11.7. The van der Waals surface area contributed by atoms with E-state index in [1.807, 2.05) is 13.8 Å². The van der Waals surface area contributed by atoms with Crippen molar-refractivity contribution in [3.63, 3.8) is 0 Å². The Kier molecular flexibility index (Phi) is 5.67. The van der Waals surface area contributed by atoms with E-state index in [0.29, 0.717) is 0 Å². The number of nitrogens with zero attached hydrogens (tertiary/aromatic N) is 1. The zero-order valence-electron chi connectivity index (χ0n) is 11.7. The number of benzene rings is 1. The second-order valence-corrected chi connectivity index (χ2v) is 4.93. The van der Waals surface area contributed by atoms with Crippen LogP contribution < -0.4 is 10.6 Å². The van der Waals surface area contributed by atoms with E-state index < -0.39 is 23.9 Å². The minimum absolute atomic E-state index is 0.0995. The van der Waals surface area contributed by atoms with Gasteiger partial charge in [0.05, 0.1) is 5.56 Å². The number of carboxylic acid groups (broad SMARTS) is 1. The molecule has 0 spiro atoms. The van der Waals surface area contributed by atoms with Crippen LogP contribution >= 0.6 is 0 Å². The standard InChI is InChI=1S/C14H16FN3O3/c1-8(2)5-12(13(19)20)18-14(21)17-10-3-4-11(15)9(6-10)7-16/h3-4,6,8,12H,5H2,1-2H3,(H,19,20)(H2,17,18,21)/t12-/m0/s1. The van der Waals surface area contributed by atoms with Gasteiger partial charge >= 0.3 is 12.0 Å². The summed E-state index contributed by atoms with van der Waals surface area (Å²) in [6.45, 7) is 3.68. The van der Waals surface area contributed by atoms with Crippen LogP contribution in [0.1, 0.15) is 25.8 Å². The molecule has 1 aromatic rings. The van der Waals surface area contributed by atoms with Crippen LogP contribution in [0, 0.1) is 23.1 Å². The van der Waals surface area contributed by atoms with Gasteiger partial charge in [0.25, 0.3) is 0 Å². The van der Waals surface area contributed by atoms with Gasteiger partial charge in [-0.3, -0.25) is 0 Å². The molecule has 0 radical (unpaired) electrons. The Morgan fingerprint density at radius 1 is 1.43 bits per heavy atom. The average Bonchev–Trinajstić information content (AvgIpc) is 2.39. The maximum Gasteiger partial charge on any atom is 0.326 e. The van der Waals surface area contributed by atoms with Crippen molar-refractivity contribution < 1.29 is 19.1 Å². The summed E-state index contributed by atoms with van der Waals surface area (Å²) in [4.78, 5) is 22.8. The van der Waals surface area contributed by atoms with Gasteiger partial charge < -0.3 is 15.7 Å². The van der Waals surface area contributed by atoms with Crippen LogP contribution in [0.3, 0.4) is 0 Å². The molecule has 7 heteroatoms. The fourth-order valence-corrected chi connectivity index (χ4v) is 1.71. The highest BCUT2D eigenvalue weighted by molar-refractivity contribution is 5.92. The van der Waals surface area contributed by atoms with E-state index >= 15 is 0 Å². The average molecular weight is 293 g/mol. The van der Waals surface area contributed by atoms with Gasteiger partial charge in [0, 0.05) is 5.69 Å². The summed E-state index contributed by atoms with van der Waals surface area (Å²) in [6.07, 6.45) is 0.287. The van der Waals surface area contributed by atoms with E-state index in [1.54, 1.807) is 6.07 Å². The van der Waals surface area contributed by atoms with E-state index in [9.17, 15) is 14.0 Å². The molecule has 112 valence electrons. The van der Waals surface area contributed by atoms with Crippen LogP contribution in [0.25, 0.3) is 0 Å². The summed E-state index contributed by atoms with van der Waals surface area (Å²) in [6, 6.07) is 3.43. The number of urea groups is 1. The van der Waals surface area contributed by atoms with Crippen molar-refractivity contribution in [2.45, 2.75) is 26.3 Å². The van der Waals surface area contributed by atoms with E-state index in [-0.39, 0.29) is 23.6 Å². The summed E-state index contributed by atoms with van der Waals surface area (Å²) in [5.74, 6) is -1.72. The van der Waals surface area contributed by atoms with Gasteiger partial charge in [-0.25, -0.2) is 14.0 Å². The molecule has 0 aliphatic carbocycles. The summed E-state index contributed by atoms with van der Waals surface area (Å²) < 4.78 is 13.1. The molecule has 1 rings (SSSR count). The highest BCUT2D eigenvalue weighted by Crippen LogP contribution is 2.14. The number of nitriles is 1. The normalized spacial score (nSPS) is 11.6. The molecule has 0 heterocycles. The van der Waals surface area contributed by atoms with Gasteiger partial charge in [0.1, 0.15) is 17.9 Å². The molecule has 1 atom stereocenters. The lowest BCUT2D eigenvalue weighted by molar-refractivity contribution is -0.139. The van der Waals surface area contributed by atoms with Gasteiger partial charge in [-0.2, -0.15) is 5.26 Å². The number of carboxylic acids is 1. The molecule has 3 N–H and O–H groups in total. The first-order valence-electron chi connectivity index (χ1n) is 6.33. The molecule has 1 aromatic carbocycles. The zero-order chi connectivity index (χ0) is 16.0. The largest absolute Gasteiger partial charge is 0.480 e. The molecule has 0 aliphatic heterocycles. The quantitative estimate of drug-likeness (QED) is 0.775. The Morgan fingerprint density at radius 3 is 2.62 bits per heavy atom. The highest BCUT2D eigenvalue weighted by atomic mass is 19.1. The maximum absolute atomic E-state index is 13.1. The maximum atomic E-state index is 13.1. The van der Waals surface area contributed by atoms with E-state index in [1.165, 1.54) is 12.1 Å². The van der Waals surface area contributed by atoms with Crippen molar-refractivity contribution in [3.8, 4) is 6.07 Å². The molecule has 0 unspecified atom stereocenters. The molecule has 0 fully saturated rings. The first kappa shape index (κ1) is 16.4. The molecular formula is C14H16FN3O3. The van der Waals surface area contributed by atoms with Gasteiger partial charge in [-0.05, 0) is 30.5 Å². The van der Waals surface area contributed by atoms with Crippen LogP contribution in [0.15, 0.2) is 18.2 Å². The summed E-state index contributed by atoms with van der Waals surface area (Å²) in [5, 5.41) is 22.4. The number of anilines is 1. The fourth-order valence-electron chi connectivity index (χ4n) is 1.71. The van der Waals surface area contributed by atoms with Gasteiger partial charge in [0.2, 0.25) is 0 Å². The van der Waals surface area contributed by atoms with Crippen LogP contribution in [-0.2, 0) is 4.79 Å². The SMILES string of the molecule is CC(C)C[C@H](NC(=O)Nc1ccc(F)c(C#N)c1)C(=O)O. The van der Waals surface area contributed by atoms with Crippen molar-refractivity contribution in [1.29, 1.82) is 5.26 Å². The molecule has 2 amide bonds. The first-order chi connectivity index (χ1) is 9.83. The summed E-state index contributed by atoms with van der Waals surface area (Å²) >= 11 is 0. The van der Waals surface area contributed by atoms with Crippen molar-refractivity contribution >= 4 is 17.7 Å². The van der Waals surface area contributed by atoms with E-state index in [2.05, 4.69) is 10.6 Å². The van der Waals surface area contributed by atoms with Gasteiger partial charge in [-0.1, -0.05) is 13.8 Å². The molecule has 0 saturated carbocycles. The smallest absolute Gasteiger partial charge is 0.326 e. The molecule has 0 aliphatic rings. The molecule has 21 heavy (non-hydrogen) atoms. The van der Waals surface area contributed by atoms with E-state index in [0.717, 1.165) is 6.07 Å². The predicted octanol–water partition coefficient (Wildman–Crippen LogP) is 2.32. The summed E-state index contributed by atoms with van der Waals surface area (Å²) in [5.41, 5.74) is 0.00361. The Hall–Kier alpha value is -2.62. The summed E-state index contributed by atoms with van der Waals surface area (Å²) in [7, 11) is 0. The van der Waals surface area contributed by atoms with Crippen LogP contribution in [-0.4, -0.2) is 23.1 Å². The Labute approximate surface area is 121 Å². The molecule has 0 bridgehead atoms. The predicted molar refractivity (Wildman–Crippen MR) is 74.1 cm³/mol. The first-order valence-corrected chi connectivity index (χ1v) is 6.33. The molecular weight excluding hydrogens is 277 g/mol. The third kappa shape index (κ3) is 5.10. The fraction of sp³-hybridized carbons (Fsp3) is 0.357. The topological polar surface area (TPSA) is 102 Å². The Bertz CT molecular complexity index is 581. The van der Waals surface area contributed by atoms with Crippen molar-refractivity contribution in [2.24, 2.45) is 5.92 Å². The van der Waals surface area contributed by atoms with Gasteiger partial charge in [0.15, 0.2) is 0 Å². The third-order valence-electron chi connectivity index (χ3n) is 2.66. The lowest BCUT2D eigenvalue weighted by Crippen LogP contribution is -2.43. The molecule has 6 nitrogen and oxygen atoms in total. The second kappa shape index (κ2) is 7.24. The number of halogens is 1. The van der Waals surface area contributed by atoms with Crippen LogP contribution in [0.5, 0.6) is 0 Å².